The average molecular weight is 323 g/mol. The van der Waals surface area contributed by atoms with Gasteiger partial charge in [0, 0.05) is 6.42 Å². The van der Waals surface area contributed by atoms with Crippen molar-refractivity contribution >= 4 is 8.32 Å². The monoisotopic (exact) mass is 322 g/mol. The quantitative estimate of drug-likeness (QED) is 0.361. The predicted octanol–water partition coefficient (Wildman–Crippen LogP) is 7.36. The molecule has 22 heavy (non-hydrogen) atoms. The van der Waals surface area contributed by atoms with Crippen molar-refractivity contribution in [1.29, 1.82) is 0 Å². The molecule has 0 atom stereocenters. The number of hydrogen-bond acceptors (Lipinski definition) is 1. The van der Waals surface area contributed by atoms with E-state index in [1.54, 1.807) is 16.7 Å². The minimum atomic E-state index is -1.51. The topological polar surface area (TPSA) is 9.23 Å². The van der Waals surface area contributed by atoms with Crippen LogP contribution in [0.1, 0.15) is 85.0 Å². The van der Waals surface area contributed by atoms with E-state index >= 15 is 0 Å². The second kappa shape index (κ2) is 9.59. The van der Waals surface area contributed by atoms with Crippen LogP contribution in [0, 0.1) is 0 Å². The van der Waals surface area contributed by atoms with Gasteiger partial charge in [0.15, 0.2) is 0 Å². The normalized spacial score (nSPS) is 15.9. The lowest BCUT2D eigenvalue weighted by Gasteiger charge is -2.22. The summed E-state index contributed by atoms with van der Waals surface area (Å²) >= 11 is 0. The first-order chi connectivity index (χ1) is 10.4. The fraction of sp³-hybridized carbons (Fsp3) is 0.800. The van der Waals surface area contributed by atoms with Crippen LogP contribution in [-0.2, 0) is 4.43 Å². The molecule has 0 spiro atoms. The zero-order chi connectivity index (χ0) is 16.6. The lowest BCUT2D eigenvalue weighted by atomic mass is 9.94. The van der Waals surface area contributed by atoms with Crippen molar-refractivity contribution in [2.24, 2.45) is 0 Å². The van der Waals surface area contributed by atoms with Crippen LogP contribution in [0.15, 0.2) is 22.5 Å². The highest BCUT2D eigenvalue weighted by atomic mass is 28.4. The summed E-state index contributed by atoms with van der Waals surface area (Å²) in [6.07, 6.45) is 12.7. The Kier molecular flexibility index (Phi) is 8.52. The van der Waals surface area contributed by atoms with Crippen molar-refractivity contribution in [3.8, 4) is 0 Å². The van der Waals surface area contributed by atoms with Gasteiger partial charge in [-0.3, -0.25) is 0 Å². The predicted molar refractivity (Wildman–Crippen MR) is 102 cm³/mol. The summed E-state index contributed by atoms with van der Waals surface area (Å²) in [6, 6.07) is 0. The third-order valence-corrected chi connectivity index (χ3v) is 5.18. The van der Waals surface area contributed by atoms with Crippen molar-refractivity contribution in [2.45, 2.75) is 105 Å². The maximum Gasteiger partial charge on any atom is 0.241 e. The molecule has 0 fully saturated rings. The van der Waals surface area contributed by atoms with Gasteiger partial charge in [-0.25, -0.2) is 0 Å². The number of hydrogen-bond donors (Lipinski definition) is 0. The van der Waals surface area contributed by atoms with Crippen LogP contribution in [0.4, 0.5) is 0 Å². The van der Waals surface area contributed by atoms with Crippen LogP contribution >= 0.6 is 0 Å². The minimum absolute atomic E-state index is 1.11. The molecule has 128 valence electrons. The Balaban J connectivity index is 3.00. The first-order valence-electron chi connectivity index (χ1n) is 9.55. The molecule has 0 aromatic rings. The smallest absolute Gasteiger partial charge is 0.241 e. The van der Waals surface area contributed by atoms with E-state index in [0.717, 1.165) is 6.42 Å². The molecule has 0 saturated heterocycles. The second-order valence-corrected chi connectivity index (χ2v) is 12.1. The molecule has 0 heterocycles. The average Bonchev–Trinajstić information content (AvgIpc) is 2.75. The molecule has 0 bridgehead atoms. The molecule has 0 N–H and O–H groups in total. The standard InChI is InChI=1S/C20H38OSi/c1-7-10-13-17-16-20(21-22(4,5)6)19(15-12-9-3)18(17)14-11-8-2/h7-16H2,1-6H3. The summed E-state index contributed by atoms with van der Waals surface area (Å²) in [7, 11) is -1.51. The first-order valence-corrected chi connectivity index (χ1v) is 13.0. The van der Waals surface area contributed by atoms with Gasteiger partial charge in [0.1, 0.15) is 0 Å². The summed E-state index contributed by atoms with van der Waals surface area (Å²) in [5, 5.41) is 0. The molecule has 0 aliphatic heterocycles. The summed E-state index contributed by atoms with van der Waals surface area (Å²) in [6.45, 7) is 13.8. The Hall–Kier alpha value is -0.503. The molecule has 2 heteroatoms. The molecule has 0 aromatic carbocycles. The van der Waals surface area contributed by atoms with Gasteiger partial charge in [0.05, 0.1) is 5.76 Å². The highest BCUT2D eigenvalue weighted by Gasteiger charge is 2.28. The number of unbranched alkanes of at least 4 members (excludes halogenated alkanes) is 3. The molecule has 0 unspecified atom stereocenters. The maximum atomic E-state index is 6.51. The summed E-state index contributed by atoms with van der Waals surface area (Å²) in [5.41, 5.74) is 5.00. The minimum Gasteiger partial charge on any atom is -0.547 e. The largest absolute Gasteiger partial charge is 0.547 e. The molecule has 0 saturated carbocycles. The molecular weight excluding hydrogens is 284 g/mol. The van der Waals surface area contributed by atoms with E-state index in [-0.39, 0.29) is 0 Å². The zero-order valence-corrected chi connectivity index (χ0v) is 17.0. The molecular formula is C20H38OSi. The molecule has 1 nitrogen and oxygen atoms in total. The lowest BCUT2D eigenvalue weighted by molar-refractivity contribution is 0.404. The SMILES string of the molecule is CCCCC1=C(CCCC)C(CCCC)=C(O[Si](C)(C)C)C1. The van der Waals surface area contributed by atoms with Crippen LogP contribution < -0.4 is 0 Å². The fourth-order valence-corrected chi connectivity index (χ4v) is 4.15. The molecule has 1 rings (SSSR count). The lowest BCUT2D eigenvalue weighted by Crippen LogP contribution is -2.25. The van der Waals surface area contributed by atoms with E-state index in [4.69, 9.17) is 4.43 Å². The van der Waals surface area contributed by atoms with Crippen LogP contribution in [0.5, 0.6) is 0 Å². The third kappa shape index (κ3) is 6.32. The van der Waals surface area contributed by atoms with Crippen molar-refractivity contribution in [2.75, 3.05) is 0 Å². The van der Waals surface area contributed by atoms with Crippen molar-refractivity contribution in [3.63, 3.8) is 0 Å². The van der Waals surface area contributed by atoms with Gasteiger partial charge in [-0.15, -0.1) is 0 Å². The highest BCUT2D eigenvalue weighted by Crippen LogP contribution is 2.41. The first kappa shape index (κ1) is 19.5. The van der Waals surface area contributed by atoms with Crippen molar-refractivity contribution in [1.82, 2.24) is 0 Å². The zero-order valence-electron chi connectivity index (χ0n) is 16.0. The van der Waals surface area contributed by atoms with E-state index in [2.05, 4.69) is 40.4 Å². The molecule has 1 aliphatic carbocycles. The van der Waals surface area contributed by atoms with Gasteiger partial charge < -0.3 is 4.43 Å². The second-order valence-electron chi connectivity index (χ2n) is 7.69. The Morgan fingerprint density at radius 3 is 1.77 bits per heavy atom. The van der Waals surface area contributed by atoms with Crippen molar-refractivity contribution < 1.29 is 4.43 Å². The Morgan fingerprint density at radius 2 is 1.27 bits per heavy atom. The van der Waals surface area contributed by atoms with Crippen LogP contribution in [0.3, 0.4) is 0 Å². The Labute approximate surface area is 140 Å². The van der Waals surface area contributed by atoms with E-state index in [0.29, 0.717) is 0 Å². The number of rotatable bonds is 11. The molecule has 1 aliphatic rings. The highest BCUT2D eigenvalue weighted by molar-refractivity contribution is 6.70. The van der Waals surface area contributed by atoms with Gasteiger partial charge in [-0.1, -0.05) is 45.6 Å². The summed E-state index contributed by atoms with van der Waals surface area (Å²) < 4.78 is 6.51. The van der Waals surface area contributed by atoms with Gasteiger partial charge in [-0.2, -0.15) is 0 Å². The van der Waals surface area contributed by atoms with Gasteiger partial charge in [0.2, 0.25) is 8.32 Å². The van der Waals surface area contributed by atoms with E-state index < -0.39 is 8.32 Å². The molecule has 0 amide bonds. The van der Waals surface area contributed by atoms with Crippen LogP contribution in [0.2, 0.25) is 19.6 Å². The van der Waals surface area contributed by atoms with Crippen LogP contribution in [0.25, 0.3) is 0 Å². The number of allylic oxidation sites excluding steroid dienone is 3. The Morgan fingerprint density at radius 1 is 0.773 bits per heavy atom. The maximum absolute atomic E-state index is 6.51. The van der Waals surface area contributed by atoms with Gasteiger partial charge >= 0.3 is 0 Å². The summed E-state index contributed by atoms with van der Waals surface area (Å²) in [5.74, 6) is 1.35. The van der Waals surface area contributed by atoms with Crippen LogP contribution in [-0.4, -0.2) is 8.32 Å². The van der Waals surface area contributed by atoms with E-state index in [1.165, 1.54) is 63.5 Å². The van der Waals surface area contributed by atoms with E-state index in [1.807, 2.05) is 0 Å². The van der Waals surface area contributed by atoms with Gasteiger partial charge in [-0.05, 0) is 69.3 Å². The van der Waals surface area contributed by atoms with Crippen molar-refractivity contribution in [3.05, 3.63) is 22.5 Å². The fourth-order valence-electron chi connectivity index (χ4n) is 3.21. The molecule has 0 aromatic heterocycles. The Bertz CT molecular complexity index is 398. The molecule has 0 radical (unpaired) electrons. The third-order valence-electron chi connectivity index (χ3n) is 4.32. The van der Waals surface area contributed by atoms with Gasteiger partial charge in [0.25, 0.3) is 0 Å². The van der Waals surface area contributed by atoms with E-state index in [9.17, 15) is 0 Å². The summed E-state index contributed by atoms with van der Waals surface area (Å²) in [4.78, 5) is 0.